The van der Waals surface area contributed by atoms with E-state index in [0.717, 1.165) is 5.56 Å². The van der Waals surface area contributed by atoms with Gasteiger partial charge in [0.1, 0.15) is 5.76 Å². The van der Waals surface area contributed by atoms with Gasteiger partial charge in [0, 0.05) is 12.6 Å². The maximum atomic E-state index is 11.6. The highest BCUT2D eigenvalue weighted by Crippen LogP contribution is 2.14. The number of furan rings is 1. The number of carboxylic acid groups (broad SMARTS) is 1. The molecule has 5 nitrogen and oxygen atoms in total. The van der Waals surface area contributed by atoms with Gasteiger partial charge in [0.05, 0.1) is 5.56 Å². The van der Waals surface area contributed by atoms with Crippen molar-refractivity contribution in [2.24, 2.45) is 0 Å². The van der Waals surface area contributed by atoms with Crippen LogP contribution in [0.4, 0.5) is 0 Å². The molecular weight excluding hydrogens is 338 g/mol. The molecule has 0 atom stereocenters. The molecule has 0 fully saturated rings. The van der Waals surface area contributed by atoms with Crippen molar-refractivity contribution in [3.63, 3.8) is 0 Å². The fourth-order valence-electron chi connectivity index (χ4n) is 1.64. The molecule has 108 valence electrons. The first-order chi connectivity index (χ1) is 10.0. The summed E-state index contributed by atoms with van der Waals surface area (Å²) in [6, 6.07) is 9.87. The number of carbonyl (C=O) groups is 2. The lowest BCUT2D eigenvalue weighted by Gasteiger charge is -2.03. The minimum absolute atomic E-state index is 0.192. The monoisotopic (exact) mass is 349 g/mol. The van der Waals surface area contributed by atoms with Crippen LogP contribution in [-0.4, -0.2) is 17.0 Å². The van der Waals surface area contributed by atoms with E-state index in [4.69, 9.17) is 9.52 Å². The van der Waals surface area contributed by atoms with Crippen LogP contribution in [0.25, 0.3) is 6.08 Å². The molecule has 1 heterocycles. The third kappa shape index (κ3) is 4.61. The lowest BCUT2D eigenvalue weighted by atomic mass is 10.1. The number of amides is 1. The van der Waals surface area contributed by atoms with Crippen LogP contribution in [0, 0.1) is 0 Å². The number of carboxylic acids is 1. The summed E-state index contributed by atoms with van der Waals surface area (Å²) in [5, 5.41) is 11.6. The standard InChI is InChI=1S/C15H12BrNO4/c16-13-6-4-12(21-13)5-7-14(18)17-9-10-2-1-3-11(8-10)15(19)20/h1-8H,9H2,(H,17,18)(H,19,20)/b7-5+. The zero-order chi connectivity index (χ0) is 15.2. The summed E-state index contributed by atoms with van der Waals surface area (Å²) in [6.07, 6.45) is 2.90. The Hall–Kier alpha value is -2.34. The van der Waals surface area contributed by atoms with Gasteiger partial charge in [-0.15, -0.1) is 0 Å². The molecule has 0 bridgehead atoms. The number of hydrogen-bond donors (Lipinski definition) is 2. The van der Waals surface area contributed by atoms with Gasteiger partial charge < -0.3 is 14.8 Å². The quantitative estimate of drug-likeness (QED) is 0.813. The molecule has 6 heteroatoms. The molecule has 0 aliphatic carbocycles. The Labute approximate surface area is 129 Å². The molecule has 0 aliphatic heterocycles. The predicted molar refractivity (Wildman–Crippen MR) is 80.7 cm³/mol. The smallest absolute Gasteiger partial charge is 0.335 e. The van der Waals surface area contributed by atoms with Crippen LogP contribution in [0.1, 0.15) is 21.7 Å². The normalized spacial score (nSPS) is 10.7. The molecule has 0 saturated heterocycles. The lowest BCUT2D eigenvalue weighted by Crippen LogP contribution is -2.20. The second-order valence-electron chi connectivity index (χ2n) is 4.20. The molecule has 0 spiro atoms. The van der Waals surface area contributed by atoms with Gasteiger partial charge in [0.2, 0.25) is 5.91 Å². The van der Waals surface area contributed by atoms with Gasteiger partial charge in [-0.3, -0.25) is 4.79 Å². The largest absolute Gasteiger partial charge is 0.478 e. The number of rotatable bonds is 5. The molecule has 0 saturated carbocycles. The van der Waals surface area contributed by atoms with E-state index in [-0.39, 0.29) is 18.0 Å². The average Bonchev–Trinajstić information content (AvgIpc) is 2.89. The molecule has 1 amide bonds. The molecule has 1 aromatic heterocycles. The van der Waals surface area contributed by atoms with E-state index in [1.807, 2.05) is 0 Å². The number of nitrogens with one attached hydrogen (secondary N) is 1. The van der Waals surface area contributed by atoms with Gasteiger partial charge in [0.15, 0.2) is 4.67 Å². The zero-order valence-corrected chi connectivity index (χ0v) is 12.5. The van der Waals surface area contributed by atoms with Crippen molar-refractivity contribution >= 4 is 33.9 Å². The van der Waals surface area contributed by atoms with Crippen molar-refractivity contribution in [2.45, 2.75) is 6.54 Å². The summed E-state index contributed by atoms with van der Waals surface area (Å²) < 4.78 is 5.81. The highest BCUT2D eigenvalue weighted by Gasteiger charge is 2.04. The first-order valence-electron chi connectivity index (χ1n) is 6.08. The average molecular weight is 350 g/mol. The van der Waals surface area contributed by atoms with E-state index in [1.165, 1.54) is 18.2 Å². The van der Waals surface area contributed by atoms with Crippen LogP contribution in [0.5, 0.6) is 0 Å². The second-order valence-corrected chi connectivity index (χ2v) is 4.98. The second kappa shape index (κ2) is 6.90. The van der Waals surface area contributed by atoms with Gasteiger partial charge in [0.25, 0.3) is 0 Å². The summed E-state index contributed by atoms with van der Waals surface area (Å²) in [5.41, 5.74) is 0.912. The Morgan fingerprint density at radius 3 is 2.76 bits per heavy atom. The van der Waals surface area contributed by atoms with E-state index < -0.39 is 5.97 Å². The van der Waals surface area contributed by atoms with Crippen molar-refractivity contribution < 1.29 is 19.1 Å². The molecule has 1 aromatic carbocycles. The molecule has 0 radical (unpaired) electrons. The highest BCUT2D eigenvalue weighted by molar-refractivity contribution is 9.10. The van der Waals surface area contributed by atoms with Crippen LogP contribution in [0.2, 0.25) is 0 Å². The van der Waals surface area contributed by atoms with Crippen molar-refractivity contribution in [1.82, 2.24) is 5.32 Å². The molecule has 0 aliphatic rings. The SMILES string of the molecule is O=C(/C=C/c1ccc(Br)o1)NCc1cccc(C(=O)O)c1. The Kier molecular flexibility index (Phi) is 4.94. The van der Waals surface area contributed by atoms with Crippen LogP contribution in [0.3, 0.4) is 0 Å². The third-order valence-electron chi connectivity index (χ3n) is 2.63. The van der Waals surface area contributed by atoms with Crippen molar-refractivity contribution in [3.05, 3.63) is 64.0 Å². The maximum absolute atomic E-state index is 11.6. The van der Waals surface area contributed by atoms with Crippen LogP contribution < -0.4 is 5.32 Å². The number of benzene rings is 1. The Bertz CT molecular complexity index is 690. The van der Waals surface area contributed by atoms with E-state index in [2.05, 4.69) is 21.2 Å². The maximum Gasteiger partial charge on any atom is 0.335 e. The fourth-order valence-corrected chi connectivity index (χ4v) is 1.96. The highest BCUT2D eigenvalue weighted by atomic mass is 79.9. The molecule has 2 N–H and O–H groups in total. The van der Waals surface area contributed by atoms with Crippen molar-refractivity contribution in [3.8, 4) is 0 Å². The van der Waals surface area contributed by atoms with E-state index >= 15 is 0 Å². The summed E-state index contributed by atoms with van der Waals surface area (Å²) in [6.45, 7) is 0.256. The van der Waals surface area contributed by atoms with Crippen molar-refractivity contribution in [1.29, 1.82) is 0 Å². The minimum Gasteiger partial charge on any atom is -0.478 e. The number of aromatic carboxylic acids is 1. The minimum atomic E-state index is -0.994. The van der Waals surface area contributed by atoms with E-state index in [9.17, 15) is 9.59 Å². The zero-order valence-electron chi connectivity index (χ0n) is 10.9. The third-order valence-corrected chi connectivity index (χ3v) is 3.06. The van der Waals surface area contributed by atoms with Gasteiger partial charge in [-0.1, -0.05) is 12.1 Å². The van der Waals surface area contributed by atoms with Gasteiger partial charge >= 0.3 is 5.97 Å². The van der Waals surface area contributed by atoms with Gasteiger partial charge in [-0.2, -0.15) is 0 Å². The first-order valence-corrected chi connectivity index (χ1v) is 6.87. The Balaban J connectivity index is 1.90. The molecule has 0 unspecified atom stereocenters. The van der Waals surface area contributed by atoms with Gasteiger partial charge in [-0.25, -0.2) is 4.79 Å². The number of carbonyl (C=O) groups excluding carboxylic acids is 1. The molecule has 21 heavy (non-hydrogen) atoms. The van der Waals surface area contributed by atoms with E-state index in [1.54, 1.807) is 30.3 Å². The molecule has 2 rings (SSSR count). The predicted octanol–water partition coefficient (Wildman–Crippen LogP) is 3.07. The number of hydrogen-bond acceptors (Lipinski definition) is 3. The Morgan fingerprint density at radius 2 is 2.10 bits per heavy atom. The van der Waals surface area contributed by atoms with Crippen LogP contribution >= 0.6 is 15.9 Å². The van der Waals surface area contributed by atoms with Crippen molar-refractivity contribution in [2.75, 3.05) is 0 Å². The lowest BCUT2D eigenvalue weighted by molar-refractivity contribution is -0.116. The number of halogens is 1. The summed E-state index contributed by atoms with van der Waals surface area (Å²) >= 11 is 3.17. The van der Waals surface area contributed by atoms with Gasteiger partial charge in [-0.05, 0) is 51.8 Å². The van der Waals surface area contributed by atoms with E-state index in [0.29, 0.717) is 10.4 Å². The summed E-state index contributed by atoms with van der Waals surface area (Å²) in [7, 11) is 0. The summed E-state index contributed by atoms with van der Waals surface area (Å²) in [5.74, 6) is -0.723. The summed E-state index contributed by atoms with van der Waals surface area (Å²) in [4.78, 5) is 22.5. The molecule has 2 aromatic rings. The van der Waals surface area contributed by atoms with Crippen LogP contribution in [-0.2, 0) is 11.3 Å². The first kappa shape index (κ1) is 15.1. The molecular formula is C15H12BrNO4. The van der Waals surface area contributed by atoms with Crippen LogP contribution in [0.15, 0.2) is 51.6 Å². The fraction of sp³-hybridized carbons (Fsp3) is 0.0667. The Morgan fingerprint density at radius 1 is 1.29 bits per heavy atom. The topological polar surface area (TPSA) is 79.5 Å².